The van der Waals surface area contributed by atoms with Crippen LogP contribution in [0.5, 0.6) is 0 Å². The first-order valence-corrected chi connectivity index (χ1v) is 6.15. The van der Waals surface area contributed by atoms with Crippen LogP contribution in [-0.2, 0) is 4.74 Å². The molecule has 0 atom stereocenters. The van der Waals surface area contributed by atoms with Gasteiger partial charge in [-0.2, -0.15) is 0 Å². The van der Waals surface area contributed by atoms with Gasteiger partial charge in [-0.05, 0) is 38.0 Å². The van der Waals surface area contributed by atoms with E-state index in [0.29, 0.717) is 18.0 Å². The van der Waals surface area contributed by atoms with Crippen LogP contribution in [0.2, 0.25) is 0 Å². The summed E-state index contributed by atoms with van der Waals surface area (Å²) in [5.74, 6) is 0. The van der Waals surface area contributed by atoms with Crippen molar-refractivity contribution < 1.29 is 13.5 Å². The number of halogens is 2. The number of benzene rings is 1. The number of alkyl halides is 2. The van der Waals surface area contributed by atoms with Crippen molar-refractivity contribution >= 4 is 11.4 Å². The maximum absolute atomic E-state index is 12.9. The van der Waals surface area contributed by atoms with Crippen LogP contribution in [0.4, 0.5) is 20.2 Å². The average Bonchev–Trinajstić information content (AvgIpc) is 2.28. The zero-order valence-corrected chi connectivity index (χ0v) is 10.3. The number of nitrogens with one attached hydrogen (secondary N) is 1. The molecular weight excluding hydrogens is 238 g/mol. The van der Waals surface area contributed by atoms with Gasteiger partial charge in [-0.1, -0.05) is 0 Å². The SMILES string of the molecule is CCOC1CC(Nc2ccc(N)cc2C(F)F)C1. The van der Waals surface area contributed by atoms with Gasteiger partial charge in [0, 0.05) is 29.6 Å². The highest BCUT2D eigenvalue weighted by molar-refractivity contribution is 5.59. The van der Waals surface area contributed by atoms with E-state index in [1.165, 1.54) is 6.07 Å². The lowest BCUT2D eigenvalue weighted by Crippen LogP contribution is -2.41. The summed E-state index contributed by atoms with van der Waals surface area (Å²) >= 11 is 0. The molecule has 1 aliphatic rings. The number of hydrogen-bond donors (Lipinski definition) is 2. The lowest BCUT2D eigenvalue weighted by molar-refractivity contribution is 0.00293. The van der Waals surface area contributed by atoms with Crippen LogP contribution in [0.1, 0.15) is 31.8 Å². The molecule has 0 aliphatic heterocycles. The fraction of sp³-hybridized carbons (Fsp3) is 0.538. The van der Waals surface area contributed by atoms with E-state index in [4.69, 9.17) is 10.5 Å². The van der Waals surface area contributed by atoms with Gasteiger partial charge in [-0.15, -0.1) is 0 Å². The van der Waals surface area contributed by atoms with Gasteiger partial charge in [0.15, 0.2) is 0 Å². The number of nitrogen functional groups attached to an aromatic ring is 1. The Morgan fingerprint density at radius 2 is 2.17 bits per heavy atom. The molecule has 1 fully saturated rings. The van der Waals surface area contributed by atoms with E-state index in [1.807, 2.05) is 6.92 Å². The van der Waals surface area contributed by atoms with Crippen molar-refractivity contribution in [2.75, 3.05) is 17.7 Å². The minimum absolute atomic E-state index is 0.0325. The van der Waals surface area contributed by atoms with Crippen molar-refractivity contribution in [2.24, 2.45) is 0 Å². The number of ether oxygens (including phenoxy) is 1. The van der Waals surface area contributed by atoms with E-state index >= 15 is 0 Å². The predicted octanol–water partition coefficient (Wildman–Crippen LogP) is 3.19. The van der Waals surface area contributed by atoms with Gasteiger partial charge in [0.05, 0.1) is 6.10 Å². The molecule has 0 radical (unpaired) electrons. The van der Waals surface area contributed by atoms with Crippen LogP contribution >= 0.6 is 0 Å². The monoisotopic (exact) mass is 256 g/mol. The van der Waals surface area contributed by atoms with Crippen LogP contribution < -0.4 is 11.1 Å². The summed E-state index contributed by atoms with van der Waals surface area (Å²) in [6.07, 6.45) is -0.531. The van der Waals surface area contributed by atoms with Gasteiger partial charge >= 0.3 is 0 Å². The van der Waals surface area contributed by atoms with Crippen LogP contribution in [0.15, 0.2) is 18.2 Å². The third-order valence-corrected chi connectivity index (χ3v) is 3.17. The van der Waals surface area contributed by atoms with Gasteiger partial charge in [-0.25, -0.2) is 8.78 Å². The Bertz CT molecular complexity index is 406. The van der Waals surface area contributed by atoms with Gasteiger partial charge in [0.1, 0.15) is 0 Å². The molecule has 0 aromatic heterocycles. The molecule has 2 rings (SSSR count). The molecule has 0 amide bonds. The van der Waals surface area contributed by atoms with Crippen LogP contribution in [0, 0.1) is 0 Å². The highest BCUT2D eigenvalue weighted by Crippen LogP contribution is 2.33. The second-order valence-corrected chi connectivity index (χ2v) is 4.54. The molecule has 5 heteroatoms. The van der Waals surface area contributed by atoms with E-state index in [-0.39, 0.29) is 17.7 Å². The molecule has 0 heterocycles. The van der Waals surface area contributed by atoms with Crippen molar-refractivity contribution in [1.82, 2.24) is 0 Å². The molecule has 0 bridgehead atoms. The van der Waals surface area contributed by atoms with Gasteiger partial charge in [-0.3, -0.25) is 0 Å². The molecule has 100 valence electrons. The Morgan fingerprint density at radius 3 is 2.78 bits per heavy atom. The molecule has 1 aromatic carbocycles. The van der Waals surface area contributed by atoms with Crippen molar-refractivity contribution in [3.8, 4) is 0 Å². The summed E-state index contributed by atoms with van der Waals surface area (Å²) in [4.78, 5) is 0. The van der Waals surface area contributed by atoms with Gasteiger partial charge < -0.3 is 15.8 Å². The third kappa shape index (κ3) is 2.90. The first-order chi connectivity index (χ1) is 8.60. The predicted molar refractivity (Wildman–Crippen MR) is 67.9 cm³/mol. The van der Waals surface area contributed by atoms with E-state index in [0.717, 1.165) is 12.8 Å². The third-order valence-electron chi connectivity index (χ3n) is 3.17. The van der Waals surface area contributed by atoms with E-state index in [9.17, 15) is 8.78 Å². The van der Waals surface area contributed by atoms with Gasteiger partial charge in [0.2, 0.25) is 0 Å². The number of nitrogens with two attached hydrogens (primary N) is 1. The van der Waals surface area contributed by atoms with Crippen LogP contribution in [0.3, 0.4) is 0 Å². The Labute approximate surface area is 105 Å². The van der Waals surface area contributed by atoms with Crippen molar-refractivity contribution in [3.63, 3.8) is 0 Å². The fourth-order valence-corrected chi connectivity index (χ4v) is 2.17. The molecule has 18 heavy (non-hydrogen) atoms. The minimum Gasteiger partial charge on any atom is -0.399 e. The molecule has 0 spiro atoms. The van der Waals surface area contributed by atoms with Crippen molar-refractivity contribution in [3.05, 3.63) is 23.8 Å². The Kier molecular flexibility index (Phi) is 4.01. The second-order valence-electron chi connectivity index (χ2n) is 4.54. The fourth-order valence-electron chi connectivity index (χ4n) is 2.17. The van der Waals surface area contributed by atoms with E-state index in [1.54, 1.807) is 12.1 Å². The topological polar surface area (TPSA) is 47.3 Å². The number of rotatable bonds is 5. The standard InChI is InChI=1S/C13H18F2N2O/c1-2-18-10-6-9(7-10)17-12-4-3-8(16)5-11(12)13(14)15/h3-5,9-10,13,17H,2,6-7,16H2,1H3. The maximum atomic E-state index is 12.9. The summed E-state index contributed by atoms with van der Waals surface area (Å²) in [6.45, 7) is 2.65. The highest BCUT2D eigenvalue weighted by Gasteiger charge is 2.30. The van der Waals surface area contributed by atoms with Gasteiger partial charge in [0.25, 0.3) is 6.43 Å². The smallest absolute Gasteiger partial charge is 0.265 e. The molecule has 3 N–H and O–H groups in total. The first kappa shape index (κ1) is 13.1. The molecule has 3 nitrogen and oxygen atoms in total. The molecule has 0 unspecified atom stereocenters. The zero-order valence-electron chi connectivity index (χ0n) is 10.3. The summed E-state index contributed by atoms with van der Waals surface area (Å²) in [5.41, 5.74) is 6.32. The largest absolute Gasteiger partial charge is 0.399 e. The minimum atomic E-state index is -2.52. The number of anilines is 2. The number of hydrogen-bond acceptors (Lipinski definition) is 3. The normalized spacial score (nSPS) is 22.9. The van der Waals surface area contributed by atoms with Crippen molar-refractivity contribution in [1.29, 1.82) is 0 Å². The summed E-state index contributed by atoms with van der Waals surface area (Å²) in [6, 6.07) is 4.78. The maximum Gasteiger partial charge on any atom is 0.265 e. The van der Waals surface area contributed by atoms with E-state index in [2.05, 4.69) is 5.32 Å². The second kappa shape index (κ2) is 5.52. The zero-order chi connectivity index (χ0) is 13.1. The molecule has 1 aromatic rings. The quantitative estimate of drug-likeness (QED) is 0.795. The Hall–Kier alpha value is -1.36. The molecule has 1 saturated carbocycles. The van der Waals surface area contributed by atoms with Crippen molar-refractivity contribution in [2.45, 2.75) is 38.3 Å². The summed E-state index contributed by atoms with van der Waals surface area (Å²) in [7, 11) is 0. The van der Waals surface area contributed by atoms with E-state index < -0.39 is 6.43 Å². The van der Waals surface area contributed by atoms with Crippen LogP contribution in [0.25, 0.3) is 0 Å². The lowest BCUT2D eigenvalue weighted by atomic mass is 9.88. The lowest BCUT2D eigenvalue weighted by Gasteiger charge is -2.36. The molecule has 1 aliphatic carbocycles. The van der Waals surface area contributed by atoms with Crippen LogP contribution in [-0.4, -0.2) is 18.8 Å². The summed E-state index contributed by atoms with van der Waals surface area (Å²) < 4.78 is 31.1. The highest BCUT2D eigenvalue weighted by atomic mass is 19.3. The Morgan fingerprint density at radius 1 is 1.44 bits per heavy atom. The first-order valence-electron chi connectivity index (χ1n) is 6.15. The summed E-state index contributed by atoms with van der Waals surface area (Å²) in [5, 5.41) is 3.13. The average molecular weight is 256 g/mol. The molecule has 0 saturated heterocycles. The Balaban J connectivity index is 1.98. The molecular formula is C13H18F2N2O.